The number of hydrogen-bond donors (Lipinski definition) is 1. The molecule has 0 aromatic heterocycles. The van der Waals surface area contributed by atoms with Crippen LogP contribution >= 0.6 is 0 Å². The van der Waals surface area contributed by atoms with Crippen LogP contribution in [0.3, 0.4) is 0 Å². The molecule has 0 fully saturated rings. The number of hydrogen-bond acceptors (Lipinski definition) is 5. The fourth-order valence-electron chi connectivity index (χ4n) is 2.76. The Morgan fingerprint density at radius 2 is 1.00 bits per heavy atom. The van der Waals surface area contributed by atoms with Gasteiger partial charge in [-0.05, 0) is 0 Å². The topological polar surface area (TPSA) is 74.0 Å². The van der Waals surface area contributed by atoms with Gasteiger partial charge >= 0.3 is 47.6 Å². The molecule has 0 aromatic carbocycles. The molecular weight excluding hydrogens is 643 g/mol. The quantitative estimate of drug-likeness (QED) is 0.158. The molecule has 0 aliphatic heterocycles. The lowest BCUT2D eigenvalue weighted by Crippen LogP contribution is -2.74. The molecule has 0 rings (SSSR count). The van der Waals surface area contributed by atoms with Gasteiger partial charge in [0.2, 0.25) is 5.91 Å². The average molecular weight is 666 g/mol. The number of nitrogens with zero attached hydrogens (tertiary/aromatic N) is 1. The van der Waals surface area contributed by atoms with Crippen LogP contribution in [0.25, 0.3) is 0 Å². The molecular formula is C19H23F17N2O4. The summed E-state index contributed by atoms with van der Waals surface area (Å²) in [5.41, 5.74) is 5.08. The van der Waals surface area contributed by atoms with E-state index in [2.05, 4.69) is 4.74 Å². The molecule has 1 amide bonds. The first kappa shape index (κ1) is 40.1. The van der Waals surface area contributed by atoms with E-state index in [9.17, 15) is 79.4 Å². The highest BCUT2D eigenvalue weighted by Crippen LogP contribution is 2.64. The molecule has 0 unspecified atom stereocenters. The van der Waals surface area contributed by atoms with Gasteiger partial charge in [0.15, 0.2) is 0 Å². The number of methoxy groups -OCH3 is 1. The molecule has 0 atom stereocenters. The van der Waals surface area contributed by atoms with Gasteiger partial charge in [-0.2, -0.15) is 74.6 Å². The van der Waals surface area contributed by atoms with Crippen molar-refractivity contribution in [3.05, 3.63) is 0 Å². The van der Waals surface area contributed by atoms with E-state index in [4.69, 9.17) is 15.2 Å². The molecule has 0 radical (unpaired) electrons. The molecule has 0 bridgehead atoms. The lowest BCUT2D eigenvalue weighted by atomic mass is 9.88. The normalized spacial score (nSPS) is 14.8. The summed E-state index contributed by atoms with van der Waals surface area (Å²) in [6, 6.07) is 0. The van der Waals surface area contributed by atoms with Crippen LogP contribution < -0.4 is 5.73 Å². The minimum absolute atomic E-state index is 0.0778. The zero-order valence-corrected chi connectivity index (χ0v) is 20.9. The predicted molar refractivity (Wildman–Crippen MR) is 104 cm³/mol. The molecule has 0 heterocycles. The van der Waals surface area contributed by atoms with E-state index in [-0.39, 0.29) is 31.3 Å². The van der Waals surface area contributed by atoms with Gasteiger partial charge in [-0.1, -0.05) is 0 Å². The number of rotatable bonds is 19. The maximum atomic E-state index is 14.1. The van der Waals surface area contributed by atoms with Gasteiger partial charge in [0.1, 0.15) is 6.61 Å². The first-order valence-corrected chi connectivity index (χ1v) is 11.0. The number of carbonyl (C=O) groups is 1. The van der Waals surface area contributed by atoms with Gasteiger partial charge in [-0.15, -0.1) is 0 Å². The molecule has 6 nitrogen and oxygen atoms in total. The molecule has 0 spiro atoms. The lowest BCUT2D eigenvalue weighted by Gasteiger charge is -2.43. The SMILES string of the molecule is COCCOCCOCC(=O)N(CCN)CCC(F)(F)C(F)(F)C(F)(F)C(F)(F)C(F)(F)C(F)(F)C(F)(F)C(F)(F)F. The Kier molecular flexibility index (Phi) is 13.2. The summed E-state index contributed by atoms with van der Waals surface area (Å²) < 4.78 is 241. The molecule has 0 aliphatic carbocycles. The third kappa shape index (κ3) is 7.60. The highest BCUT2D eigenvalue weighted by atomic mass is 19.4. The van der Waals surface area contributed by atoms with Crippen molar-refractivity contribution in [3.8, 4) is 0 Å². The van der Waals surface area contributed by atoms with Crippen LogP contribution in [-0.2, 0) is 19.0 Å². The Morgan fingerprint density at radius 1 is 0.595 bits per heavy atom. The summed E-state index contributed by atoms with van der Waals surface area (Å²) in [5, 5.41) is 0. The second kappa shape index (κ2) is 13.8. The summed E-state index contributed by atoms with van der Waals surface area (Å²) in [5.74, 6) is -58.3. The maximum absolute atomic E-state index is 14.1. The minimum atomic E-state index is -8.70. The first-order valence-electron chi connectivity index (χ1n) is 11.0. The van der Waals surface area contributed by atoms with Gasteiger partial charge in [-0.3, -0.25) is 4.79 Å². The lowest BCUT2D eigenvalue weighted by molar-refractivity contribution is -0.461. The Bertz CT molecular complexity index is 868. The largest absolute Gasteiger partial charge is 0.460 e. The van der Waals surface area contributed by atoms with Gasteiger partial charge in [0.25, 0.3) is 0 Å². The van der Waals surface area contributed by atoms with Gasteiger partial charge in [0.05, 0.1) is 26.4 Å². The van der Waals surface area contributed by atoms with Crippen LogP contribution in [0.2, 0.25) is 0 Å². The van der Waals surface area contributed by atoms with E-state index in [1.165, 1.54) is 7.11 Å². The molecule has 0 aromatic rings. The smallest absolute Gasteiger partial charge is 0.382 e. The number of carbonyl (C=O) groups excluding carboxylic acids is 1. The van der Waals surface area contributed by atoms with Gasteiger partial charge in [0, 0.05) is 33.2 Å². The number of nitrogens with two attached hydrogens (primary N) is 1. The van der Waals surface area contributed by atoms with Crippen molar-refractivity contribution in [3.63, 3.8) is 0 Å². The molecule has 0 saturated heterocycles. The molecule has 0 aliphatic rings. The fraction of sp³-hybridized carbons (Fsp3) is 0.947. The van der Waals surface area contributed by atoms with Crippen molar-refractivity contribution in [2.75, 3.05) is 59.8 Å². The zero-order valence-electron chi connectivity index (χ0n) is 20.9. The van der Waals surface area contributed by atoms with Crippen LogP contribution in [0.15, 0.2) is 0 Å². The third-order valence-electron chi connectivity index (χ3n) is 5.26. The summed E-state index contributed by atoms with van der Waals surface area (Å²) >= 11 is 0. The Labute approximate surface area is 225 Å². The predicted octanol–water partition coefficient (Wildman–Crippen LogP) is 4.85. The second-order valence-electron chi connectivity index (χ2n) is 8.23. The van der Waals surface area contributed by atoms with Gasteiger partial charge < -0.3 is 24.8 Å². The van der Waals surface area contributed by atoms with Gasteiger partial charge in [-0.25, -0.2) is 0 Å². The van der Waals surface area contributed by atoms with Crippen molar-refractivity contribution in [2.24, 2.45) is 5.73 Å². The van der Waals surface area contributed by atoms with E-state index >= 15 is 0 Å². The van der Waals surface area contributed by atoms with Crippen LogP contribution in [-0.4, -0.2) is 118 Å². The van der Waals surface area contributed by atoms with Crippen LogP contribution in [0.5, 0.6) is 0 Å². The fourth-order valence-corrected chi connectivity index (χ4v) is 2.76. The standard InChI is InChI=1S/C19H23F17N2O4/c1-40-6-7-41-8-9-42-10-11(39)38(5-3-37)4-2-12(20,21)13(22,23)14(24,25)15(26,27)16(28,29)17(30,31)18(32,33)19(34,35)36/h2-10,37H2,1H3. The van der Waals surface area contributed by atoms with E-state index < -0.39 is 86.2 Å². The Morgan fingerprint density at radius 3 is 1.43 bits per heavy atom. The molecule has 23 heteroatoms. The van der Waals surface area contributed by atoms with Crippen molar-refractivity contribution >= 4 is 5.91 Å². The van der Waals surface area contributed by atoms with Crippen molar-refractivity contribution in [2.45, 2.75) is 54.1 Å². The Hall–Kier alpha value is -1.88. The van der Waals surface area contributed by atoms with Crippen molar-refractivity contribution < 1.29 is 93.6 Å². The summed E-state index contributed by atoms with van der Waals surface area (Å²) in [6.45, 7) is -4.41. The molecule has 252 valence electrons. The highest BCUT2D eigenvalue weighted by Gasteiger charge is 2.95. The minimum Gasteiger partial charge on any atom is -0.382 e. The number of halogens is 17. The van der Waals surface area contributed by atoms with Crippen LogP contribution in [0, 0.1) is 0 Å². The van der Waals surface area contributed by atoms with Crippen LogP contribution in [0.4, 0.5) is 74.6 Å². The number of alkyl halides is 17. The highest BCUT2D eigenvalue weighted by molar-refractivity contribution is 5.77. The number of amides is 1. The summed E-state index contributed by atoms with van der Waals surface area (Å²) in [7, 11) is 1.34. The van der Waals surface area contributed by atoms with Crippen molar-refractivity contribution in [1.82, 2.24) is 4.90 Å². The van der Waals surface area contributed by atoms with E-state index in [0.717, 1.165) is 0 Å². The zero-order chi connectivity index (χ0) is 33.6. The third-order valence-corrected chi connectivity index (χ3v) is 5.26. The molecule has 2 N–H and O–H groups in total. The number of ether oxygens (including phenoxy) is 3. The van der Waals surface area contributed by atoms with Crippen molar-refractivity contribution in [1.29, 1.82) is 0 Å². The van der Waals surface area contributed by atoms with E-state index in [1.54, 1.807) is 0 Å². The monoisotopic (exact) mass is 666 g/mol. The van der Waals surface area contributed by atoms with E-state index in [1.807, 2.05) is 0 Å². The first-order chi connectivity index (χ1) is 18.7. The second-order valence-corrected chi connectivity index (χ2v) is 8.23. The Balaban J connectivity index is 5.95. The molecule has 0 saturated carbocycles. The summed E-state index contributed by atoms with van der Waals surface area (Å²) in [4.78, 5) is 12.2. The molecule has 42 heavy (non-hydrogen) atoms. The maximum Gasteiger partial charge on any atom is 0.460 e. The van der Waals surface area contributed by atoms with Crippen LogP contribution in [0.1, 0.15) is 6.42 Å². The average Bonchev–Trinajstić information content (AvgIpc) is 2.84. The summed E-state index contributed by atoms with van der Waals surface area (Å²) in [6.07, 6.45) is -10.6. The van der Waals surface area contributed by atoms with E-state index in [0.29, 0.717) is 0 Å².